The Balaban J connectivity index is 1.60. The van der Waals surface area contributed by atoms with Crippen molar-refractivity contribution in [2.45, 2.75) is 22.2 Å². The number of nitrogens with zero attached hydrogens (tertiary/aromatic N) is 1. The van der Waals surface area contributed by atoms with Gasteiger partial charge in [0.1, 0.15) is 3.61 Å². The Bertz CT molecular complexity index is 573. The number of alkyl halides is 1. The van der Waals surface area contributed by atoms with Crippen LogP contribution in [-0.4, -0.2) is 26.6 Å². The number of fused-ring (bicyclic) bond motifs is 1. The fraction of sp³-hybridized carbons (Fsp3) is 0.400. The molecule has 4 heteroatoms. The van der Waals surface area contributed by atoms with Gasteiger partial charge in [-0.05, 0) is 46.7 Å². The van der Waals surface area contributed by atoms with Gasteiger partial charge in [-0.1, -0.05) is 30.3 Å². The number of rotatable bonds is 2. The van der Waals surface area contributed by atoms with Crippen molar-refractivity contribution in [2.24, 2.45) is 5.92 Å². The molecule has 3 heterocycles. The van der Waals surface area contributed by atoms with Crippen molar-refractivity contribution in [1.82, 2.24) is 4.90 Å². The molecular formula is C15H14INO2. The van der Waals surface area contributed by atoms with Crippen molar-refractivity contribution in [3.8, 4) is 0 Å². The van der Waals surface area contributed by atoms with E-state index in [1.54, 1.807) is 0 Å². The molecule has 0 aromatic heterocycles. The molecule has 3 atom stereocenters. The molecular weight excluding hydrogens is 353 g/mol. The molecule has 1 aromatic carbocycles. The minimum Gasteiger partial charge on any atom is -0.340 e. The number of likely N-dealkylation sites (tertiary alicyclic amines) is 1. The van der Waals surface area contributed by atoms with E-state index in [1.807, 2.05) is 35.3 Å². The van der Waals surface area contributed by atoms with Gasteiger partial charge in [0, 0.05) is 19.0 Å². The van der Waals surface area contributed by atoms with E-state index < -0.39 is 5.60 Å². The highest BCUT2D eigenvalue weighted by atomic mass is 127. The lowest BCUT2D eigenvalue weighted by atomic mass is 9.86. The van der Waals surface area contributed by atoms with E-state index in [0.717, 1.165) is 13.0 Å². The number of ether oxygens (including phenoxy) is 1. The minimum absolute atomic E-state index is 0.133. The maximum atomic E-state index is 12.7. The molecule has 19 heavy (non-hydrogen) atoms. The van der Waals surface area contributed by atoms with Crippen LogP contribution in [0.15, 0.2) is 42.5 Å². The molecule has 3 aliphatic heterocycles. The van der Waals surface area contributed by atoms with E-state index in [1.165, 1.54) is 5.56 Å². The van der Waals surface area contributed by atoms with Crippen molar-refractivity contribution >= 4 is 28.5 Å². The second-order valence-corrected chi connectivity index (χ2v) is 7.41. The summed E-state index contributed by atoms with van der Waals surface area (Å²) in [6.07, 6.45) is 4.98. The smallest absolute Gasteiger partial charge is 0.259 e. The molecule has 98 valence electrons. The molecule has 0 radical (unpaired) electrons. The summed E-state index contributed by atoms with van der Waals surface area (Å²) in [5.41, 5.74) is 0.519. The normalized spacial score (nSPS) is 39.1. The predicted molar refractivity (Wildman–Crippen MR) is 79.7 cm³/mol. The monoisotopic (exact) mass is 367 g/mol. The van der Waals surface area contributed by atoms with Crippen molar-refractivity contribution in [3.05, 3.63) is 48.0 Å². The van der Waals surface area contributed by atoms with Crippen LogP contribution in [0.2, 0.25) is 0 Å². The van der Waals surface area contributed by atoms with Crippen LogP contribution in [0.1, 0.15) is 12.0 Å². The van der Waals surface area contributed by atoms with E-state index >= 15 is 0 Å². The van der Waals surface area contributed by atoms with E-state index in [0.29, 0.717) is 12.5 Å². The summed E-state index contributed by atoms with van der Waals surface area (Å²) in [5, 5.41) is 0. The highest BCUT2D eigenvalue weighted by Gasteiger charge is 2.65. The Hall–Kier alpha value is -0.880. The maximum Gasteiger partial charge on any atom is 0.259 e. The maximum absolute atomic E-state index is 12.7. The molecule has 2 bridgehead atoms. The van der Waals surface area contributed by atoms with Gasteiger partial charge < -0.3 is 9.64 Å². The third-order valence-electron chi connectivity index (χ3n) is 4.33. The number of carbonyl (C=O) groups is 1. The molecule has 0 saturated carbocycles. The fourth-order valence-electron chi connectivity index (χ4n) is 3.44. The van der Waals surface area contributed by atoms with Gasteiger partial charge in [0.25, 0.3) is 5.91 Å². The third kappa shape index (κ3) is 1.62. The van der Waals surface area contributed by atoms with Crippen molar-refractivity contribution in [1.29, 1.82) is 0 Å². The summed E-state index contributed by atoms with van der Waals surface area (Å²) in [6, 6.07) is 10.1. The minimum atomic E-state index is -0.657. The van der Waals surface area contributed by atoms with Crippen LogP contribution >= 0.6 is 22.6 Å². The lowest BCUT2D eigenvalue weighted by Gasteiger charge is -2.22. The number of carbonyl (C=O) groups excluding carboxylic acids is 1. The van der Waals surface area contributed by atoms with Gasteiger partial charge in [-0.25, -0.2) is 0 Å². The van der Waals surface area contributed by atoms with Crippen LogP contribution in [0.3, 0.4) is 0 Å². The average molecular weight is 367 g/mol. The molecule has 2 fully saturated rings. The Labute approximate surface area is 125 Å². The van der Waals surface area contributed by atoms with Crippen LogP contribution in [0.5, 0.6) is 0 Å². The fourth-order valence-corrected chi connectivity index (χ4v) is 4.52. The zero-order valence-corrected chi connectivity index (χ0v) is 12.5. The van der Waals surface area contributed by atoms with E-state index in [9.17, 15) is 4.79 Å². The van der Waals surface area contributed by atoms with Gasteiger partial charge in [0.2, 0.25) is 0 Å². The van der Waals surface area contributed by atoms with Gasteiger partial charge in [-0.15, -0.1) is 0 Å². The van der Waals surface area contributed by atoms with Crippen LogP contribution in [0.4, 0.5) is 0 Å². The van der Waals surface area contributed by atoms with Crippen molar-refractivity contribution in [2.75, 3.05) is 6.54 Å². The molecule has 3 nitrogen and oxygen atoms in total. The molecule has 2 saturated heterocycles. The topological polar surface area (TPSA) is 29.5 Å². The zero-order valence-electron chi connectivity index (χ0n) is 10.4. The van der Waals surface area contributed by atoms with Gasteiger partial charge in [0.05, 0.1) is 0 Å². The Morgan fingerprint density at radius 1 is 1.32 bits per heavy atom. The molecule has 1 spiro atoms. The van der Waals surface area contributed by atoms with Crippen molar-refractivity contribution < 1.29 is 9.53 Å². The van der Waals surface area contributed by atoms with Crippen LogP contribution < -0.4 is 0 Å². The van der Waals surface area contributed by atoms with Crippen LogP contribution in [-0.2, 0) is 16.1 Å². The van der Waals surface area contributed by atoms with Crippen molar-refractivity contribution in [3.63, 3.8) is 0 Å². The van der Waals surface area contributed by atoms with Gasteiger partial charge in [-0.3, -0.25) is 4.79 Å². The van der Waals surface area contributed by atoms with Crippen LogP contribution in [0.25, 0.3) is 0 Å². The molecule has 1 aromatic rings. The molecule has 3 aliphatic rings. The average Bonchev–Trinajstić information content (AvgIpc) is 2.97. The van der Waals surface area contributed by atoms with Gasteiger partial charge >= 0.3 is 0 Å². The molecule has 0 aliphatic carbocycles. The Kier molecular flexibility index (Phi) is 2.39. The standard InChI is InChI=1S/C15H14INO2/c16-14-6-7-15(19-14)12(8-14)10-17(13(15)18)9-11-4-2-1-3-5-11/h1-7,12H,8-10H2/t12-,14+,15-/m1/s1. The largest absolute Gasteiger partial charge is 0.340 e. The predicted octanol–water partition coefficient (Wildman–Crippen LogP) is 2.51. The number of amides is 1. The quantitative estimate of drug-likeness (QED) is 0.457. The Morgan fingerprint density at radius 3 is 2.79 bits per heavy atom. The van der Waals surface area contributed by atoms with Gasteiger partial charge in [-0.2, -0.15) is 0 Å². The lowest BCUT2D eigenvalue weighted by Crippen LogP contribution is -2.39. The number of halogens is 1. The van der Waals surface area contributed by atoms with E-state index in [2.05, 4.69) is 34.7 Å². The highest BCUT2D eigenvalue weighted by molar-refractivity contribution is 14.1. The second-order valence-electron chi connectivity index (χ2n) is 5.59. The zero-order chi connectivity index (χ0) is 13.1. The summed E-state index contributed by atoms with van der Waals surface area (Å²) < 4.78 is 5.80. The van der Waals surface area contributed by atoms with E-state index in [-0.39, 0.29) is 9.51 Å². The summed E-state index contributed by atoms with van der Waals surface area (Å²) in [6.45, 7) is 1.49. The first-order valence-electron chi connectivity index (χ1n) is 6.54. The molecule has 0 N–H and O–H groups in total. The SMILES string of the molecule is O=C1N(Cc2ccccc2)C[C@H]2C[C@]3(I)C=C[C@]12O3. The first kappa shape index (κ1) is 11.9. The summed E-state index contributed by atoms with van der Waals surface area (Å²) in [4.78, 5) is 14.6. The highest BCUT2D eigenvalue weighted by Crippen LogP contribution is 2.56. The number of hydrogen-bond donors (Lipinski definition) is 0. The van der Waals surface area contributed by atoms with Crippen LogP contribution in [0, 0.1) is 5.92 Å². The molecule has 4 rings (SSSR count). The lowest BCUT2D eigenvalue weighted by molar-refractivity contribution is -0.143. The summed E-state index contributed by atoms with van der Waals surface area (Å²) >= 11 is 2.31. The first-order chi connectivity index (χ1) is 9.11. The third-order valence-corrected chi connectivity index (χ3v) is 5.35. The first-order valence-corrected chi connectivity index (χ1v) is 7.62. The second kappa shape index (κ2) is 3.82. The number of benzene rings is 1. The number of hydrogen-bond acceptors (Lipinski definition) is 2. The van der Waals surface area contributed by atoms with E-state index in [4.69, 9.17) is 4.74 Å². The van der Waals surface area contributed by atoms with Gasteiger partial charge in [0.15, 0.2) is 5.60 Å². The summed E-state index contributed by atoms with van der Waals surface area (Å²) in [7, 11) is 0. The molecule has 0 unspecified atom stereocenters. The molecule has 1 amide bonds. The Morgan fingerprint density at radius 2 is 2.11 bits per heavy atom. The summed E-state index contributed by atoms with van der Waals surface area (Å²) in [5.74, 6) is 0.444.